The average molecular weight is 2010 g/mol. The van der Waals surface area contributed by atoms with E-state index < -0.39 is 60.1 Å². The normalized spacial score (nSPS) is 43.7. The van der Waals surface area contributed by atoms with E-state index in [1.807, 2.05) is 0 Å². The van der Waals surface area contributed by atoms with Crippen LogP contribution in [0.3, 0.4) is 0 Å². The highest BCUT2D eigenvalue weighted by molar-refractivity contribution is 5.75. The van der Waals surface area contributed by atoms with E-state index in [1.165, 1.54) is 26.2 Å². The van der Waals surface area contributed by atoms with Crippen LogP contribution < -0.4 is 0 Å². The van der Waals surface area contributed by atoms with Crippen molar-refractivity contribution in [2.75, 3.05) is 159 Å². The van der Waals surface area contributed by atoms with E-state index in [9.17, 15) is 50.1 Å². The third kappa shape index (κ3) is 31.4. The number of carboxylic acids is 3. The second-order valence-corrected chi connectivity index (χ2v) is 47.0. The quantitative estimate of drug-likeness (QED) is 0.0278. The molecule has 29 heteroatoms. The van der Waals surface area contributed by atoms with Gasteiger partial charge in [0.15, 0.2) is 6.10 Å². The summed E-state index contributed by atoms with van der Waals surface area (Å²) in [7, 11) is 1.69. The highest BCUT2D eigenvalue weighted by Crippen LogP contribution is 2.49. The molecule has 8 saturated heterocycles. The maximum atomic E-state index is 12.9. The number of fused-ring (bicyclic) bond motifs is 1. The van der Waals surface area contributed by atoms with Crippen LogP contribution in [0.25, 0.3) is 0 Å². The summed E-state index contributed by atoms with van der Waals surface area (Å²) in [6.07, 6.45) is 12.9. The van der Waals surface area contributed by atoms with Crippen molar-refractivity contribution in [3.63, 3.8) is 0 Å². The molecule has 7 N–H and O–H groups in total. The van der Waals surface area contributed by atoms with Gasteiger partial charge in [-0.1, -0.05) is 150 Å². The molecular weight excluding hydrogens is 1810 g/mol. The summed E-state index contributed by atoms with van der Waals surface area (Å²) in [5, 5.41) is 74.7. The van der Waals surface area contributed by atoms with Gasteiger partial charge in [-0.2, -0.15) is 0 Å². The van der Waals surface area contributed by atoms with Gasteiger partial charge >= 0.3 is 17.9 Å². The molecule has 46 atom stereocenters. The van der Waals surface area contributed by atoms with E-state index in [0.717, 1.165) is 89.9 Å². The van der Waals surface area contributed by atoms with Crippen LogP contribution in [0.5, 0.6) is 0 Å². The Balaban J connectivity index is 0.617. The van der Waals surface area contributed by atoms with Crippen LogP contribution >= 0.6 is 0 Å². The van der Waals surface area contributed by atoms with Gasteiger partial charge < -0.3 is 126 Å². The van der Waals surface area contributed by atoms with Crippen molar-refractivity contribution in [3.8, 4) is 0 Å². The molecular formula is C112H198O29. The van der Waals surface area contributed by atoms with Crippen LogP contribution in [0.15, 0.2) is 0 Å². The summed E-state index contributed by atoms with van der Waals surface area (Å²) in [5.41, 5.74) is 0. The number of carboxylic acid groups (broad SMARTS) is 3. The Hall–Kier alpha value is -2.51. The van der Waals surface area contributed by atoms with Gasteiger partial charge in [0.2, 0.25) is 0 Å². The molecule has 11 fully saturated rings. The number of carbonyl (C=O) groups is 3. The predicted molar refractivity (Wildman–Crippen MR) is 535 cm³/mol. The van der Waals surface area contributed by atoms with Crippen molar-refractivity contribution >= 4 is 17.9 Å². The van der Waals surface area contributed by atoms with Crippen LogP contribution in [-0.2, 0) is 104 Å². The average Bonchev–Trinajstić information content (AvgIpc) is 1.74. The topological polar surface area (TPSA) is 368 Å². The summed E-state index contributed by atoms with van der Waals surface area (Å²) < 4.78 is 123. The molecule has 141 heavy (non-hydrogen) atoms. The monoisotopic (exact) mass is 2010 g/mol. The minimum absolute atomic E-state index is 0.00623. The SMILES string of the molecule is CCCC1C(CO)OC(COCC2C(CO)OC(COCC3C(CO)OC(COCC4C(CO)OC(COC)C(C)C4CCOCCC4CCCC(C)C4CCOCCC4OC(C(=O)O)C(OCCC5OC6COC(C)(C(=O)O)OCC6C(C)C5C)C(C)C4C)C(C)C3C)C(C)C2CCOCCC2CCC(C)C(C)C2CCOCCC2CCC(OCCC3OC(C)C(C)C(C)C3C)C(C(=O)O)C2)C(C)C1C. The Morgan fingerprint density at radius 3 is 1.34 bits per heavy atom. The first kappa shape index (κ1) is 119. The third-order valence-corrected chi connectivity index (χ3v) is 39.4. The predicted octanol–water partition coefficient (Wildman–Crippen LogP) is 15.9. The van der Waals surface area contributed by atoms with E-state index in [4.69, 9.17) is 90.0 Å². The van der Waals surface area contributed by atoms with Crippen molar-refractivity contribution < 1.29 is 140 Å². The number of aliphatic carboxylic acids is 3. The number of hydrogen-bond donors (Lipinski definition) is 7. The van der Waals surface area contributed by atoms with Crippen molar-refractivity contribution in [3.05, 3.63) is 0 Å². The molecule has 0 amide bonds. The highest BCUT2D eigenvalue weighted by Gasteiger charge is 2.54. The first-order valence-electron chi connectivity index (χ1n) is 56.4. The Bertz CT molecular complexity index is 3530. The van der Waals surface area contributed by atoms with Gasteiger partial charge in [0.05, 0.1) is 183 Å². The van der Waals surface area contributed by atoms with Crippen LogP contribution in [0.1, 0.15) is 260 Å². The lowest BCUT2D eigenvalue weighted by atomic mass is 9.66. The van der Waals surface area contributed by atoms with E-state index in [2.05, 4.69) is 125 Å². The van der Waals surface area contributed by atoms with E-state index in [0.29, 0.717) is 189 Å². The molecule has 46 unspecified atom stereocenters. The van der Waals surface area contributed by atoms with E-state index >= 15 is 0 Å². The van der Waals surface area contributed by atoms with Crippen molar-refractivity contribution in [1.82, 2.24) is 0 Å². The molecule has 0 spiro atoms. The minimum atomic E-state index is -1.73. The van der Waals surface area contributed by atoms with Gasteiger partial charge in [-0.05, 0) is 245 Å². The van der Waals surface area contributed by atoms with Gasteiger partial charge in [0.1, 0.15) is 0 Å². The van der Waals surface area contributed by atoms with Gasteiger partial charge in [-0.3, -0.25) is 4.79 Å². The second kappa shape index (κ2) is 58.4. The fourth-order valence-corrected chi connectivity index (χ4v) is 27.9. The molecule has 820 valence electrons. The van der Waals surface area contributed by atoms with Gasteiger partial charge in [0.25, 0.3) is 5.79 Å². The van der Waals surface area contributed by atoms with Crippen LogP contribution in [-0.4, -0.2) is 316 Å². The molecule has 11 aliphatic rings. The minimum Gasteiger partial charge on any atom is -0.481 e. The maximum absolute atomic E-state index is 12.9. The standard InChI is InChI=1S/C112H198O29/c1-21-23-88-69(7)74(12)103(137-98(88)51-113)60-129-57-93-87(36-46-126-42-32-83-28-26-64(2)66(4)85(83)34-44-124-40-30-81-27-29-97(89(50-81)109(117)118)131-48-38-94-72(10)67(5)68(6)80(18)135-94)79(17)105(140-101(93)54-116)62-128-55-90-71(9)75(13)104(138-99(90)52-114)61-130-56-92-86(78(16)102(59-123-20)139-100(92)53-115)35-45-125-41-31-82-25-22-24-65(3)84(82)33-43-127-47-37-96-76(14)77(15)107(108(141-96)110(119)120)132-49-39-95-73(11)70(8)91-58-133-112(19,111(121)122)134-63-106(91)136-95/h64-108,113-116H,21-63H2,1-20H3,(H,117,118)(H,119,120)(H,121,122). The van der Waals surface area contributed by atoms with Crippen LogP contribution in [0.4, 0.5) is 0 Å². The second-order valence-electron chi connectivity index (χ2n) is 47.0. The molecule has 0 bridgehead atoms. The zero-order valence-corrected chi connectivity index (χ0v) is 90.5. The molecule has 8 heterocycles. The lowest BCUT2D eigenvalue weighted by Crippen LogP contribution is -2.54. The smallest absolute Gasteiger partial charge is 0.364 e. The van der Waals surface area contributed by atoms with Crippen LogP contribution in [0.2, 0.25) is 0 Å². The van der Waals surface area contributed by atoms with Crippen LogP contribution in [0, 0.1) is 172 Å². The summed E-state index contributed by atoms with van der Waals surface area (Å²) in [6.45, 7) is 49.4. The summed E-state index contributed by atoms with van der Waals surface area (Å²) >= 11 is 0. The summed E-state index contributed by atoms with van der Waals surface area (Å²) in [5.74, 6) is 1.27. The van der Waals surface area contributed by atoms with Crippen molar-refractivity contribution in [2.24, 2.45) is 172 Å². The maximum Gasteiger partial charge on any atom is 0.364 e. The molecule has 0 radical (unpaired) electrons. The third-order valence-electron chi connectivity index (χ3n) is 39.4. The molecule has 8 aliphatic heterocycles. The number of aliphatic hydroxyl groups excluding tert-OH is 4. The Kier molecular flexibility index (Phi) is 49.1. The lowest BCUT2D eigenvalue weighted by molar-refractivity contribution is -0.232. The first-order valence-corrected chi connectivity index (χ1v) is 56.4. The molecule has 3 aliphatic carbocycles. The number of methoxy groups -OCH3 is 1. The Morgan fingerprint density at radius 1 is 0.333 bits per heavy atom. The zero-order chi connectivity index (χ0) is 102. The number of ether oxygens (including phenoxy) is 19. The number of hydrogen-bond acceptors (Lipinski definition) is 26. The largest absolute Gasteiger partial charge is 0.481 e. The number of aliphatic hydroxyl groups is 4. The fraction of sp³-hybridized carbons (Fsp3) is 0.973. The van der Waals surface area contributed by atoms with E-state index in [1.54, 1.807) is 7.11 Å². The molecule has 3 saturated carbocycles. The van der Waals surface area contributed by atoms with Crippen molar-refractivity contribution in [2.45, 2.75) is 363 Å². The Morgan fingerprint density at radius 2 is 0.787 bits per heavy atom. The summed E-state index contributed by atoms with van der Waals surface area (Å²) in [6, 6.07) is 0. The van der Waals surface area contributed by atoms with Gasteiger partial charge in [0, 0.05) is 104 Å². The molecule has 11 rings (SSSR count). The first-order chi connectivity index (χ1) is 67.6. The molecule has 0 aromatic heterocycles. The summed E-state index contributed by atoms with van der Waals surface area (Å²) in [4.78, 5) is 37.5. The van der Waals surface area contributed by atoms with Gasteiger partial charge in [-0.25, -0.2) is 9.59 Å². The zero-order valence-electron chi connectivity index (χ0n) is 90.5. The Labute approximate surface area is 847 Å². The number of rotatable bonds is 55. The molecule has 29 nitrogen and oxygen atoms in total. The van der Waals surface area contributed by atoms with Gasteiger partial charge in [-0.15, -0.1) is 0 Å². The van der Waals surface area contributed by atoms with E-state index in [-0.39, 0.29) is 215 Å². The highest BCUT2D eigenvalue weighted by atomic mass is 16.7. The fourth-order valence-electron chi connectivity index (χ4n) is 27.9. The molecule has 0 aromatic carbocycles. The lowest BCUT2D eigenvalue weighted by Gasteiger charge is -2.47. The molecule has 0 aromatic rings. The van der Waals surface area contributed by atoms with Crippen molar-refractivity contribution in [1.29, 1.82) is 0 Å².